The van der Waals surface area contributed by atoms with Crippen molar-refractivity contribution in [1.82, 2.24) is 10.2 Å². The van der Waals surface area contributed by atoms with E-state index in [1.807, 2.05) is 45.3 Å². The van der Waals surface area contributed by atoms with Crippen LogP contribution in [0.25, 0.3) is 21.7 Å². The van der Waals surface area contributed by atoms with Crippen LogP contribution in [0.4, 0.5) is 0 Å². The molecule has 0 saturated heterocycles. The Bertz CT molecular complexity index is 922. The molecule has 0 atom stereocenters. The molecular formula is C21H26N2O2. The zero-order chi connectivity index (χ0) is 18.2. The highest BCUT2D eigenvalue weighted by atomic mass is 16.3. The molecule has 25 heavy (non-hydrogen) atoms. The summed E-state index contributed by atoms with van der Waals surface area (Å²) in [7, 11) is 4.08. The van der Waals surface area contributed by atoms with Crippen LogP contribution in [0.3, 0.4) is 0 Å². The quantitative estimate of drug-likeness (QED) is 0.758. The number of carbonyl (C=O) groups is 1. The van der Waals surface area contributed by atoms with Crippen LogP contribution in [0.15, 0.2) is 40.8 Å². The van der Waals surface area contributed by atoms with Crippen molar-refractivity contribution in [2.45, 2.75) is 20.8 Å². The summed E-state index contributed by atoms with van der Waals surface area (Å²) in [6, 6.07) is 12.2. The van der Waals surface area contributed by atoms with E-state index in [0.29, 0.717) is 12.3 Å². The maximum absolute atomic E-state index is 12.7. The van der Waals surface area contributed by atoms with Gasteiger partial charge in [-0.2, -0.15) is 0 Å². The summed E-state index contributed by atoms with van der Waals surface area (Å²) in [6.07, 6.45) is 0. The summed E-state index contributed by atoms with van der Waals surface area (Å²) in [5.74, 6) is 0.261. The number of rotatable bonds is 5. The fourth-order valence-corrected chi connectivity index (χ4v) is 3.48. The molecule has 0 radical (unpaired) electrons. The molecule has 1 aromatic heterocycles. The van der Waals surface area contributed by atoms with Crippen molar-refractivity contribution in [3.63, 3.8) is 0 Å². The molecule has 1 N–H and O–H groups in total. The van der Waals surface area contributed by atoms with Gasteiger partial charge in [-0.1, -0.05) is 50.2 Å². The number of fused-ring (bicyclic) bond motifs is 3. The molecule has 2 aromatic carbocycles. The Kier molecular flexibility index (Phi) is 4.56. The third-order valence-electron chi connectivity index (χ3n) is 4.51. The van der Waals surface area contributed by atoms with Crippen LogP contribution >= 0.6 is 0 Å². The fraction of sp³-hybridized carbons (Fsp3) is 0.381. The van der Waals surface area contributed by atoms with Crippen molar-refractivity contribution in [1.29, 1.82) is 0 Å². The second kappa shape index (κ2) is 6.52. The SMILES string of the molecule is Cc1c(C(=O)NCC(C)(C)CN(C)C)oc2c1ccc1ccccc12. The number of aryl methyl sites for hydroxylation is 1. The van der Waals surface area contributed by atoms with Crippen LogP contribution in [-0.4, -0.2) is 38.0 Å². The molecule has 0 aliphatic rings. The first-order valence-corrected chi connectivity index (χ1v) is 8.62. The van der Waals surface area contributed by atoms with Gasteiger partial charge in [-0.15, -0.1) is 0 Å². The molecular weight excluding hydrogens is 312 g/mol. The molecule has 1 amide bonds. The molecule has 1 heterocycles. The van der Waals surface area contributed by atoms with Gasteiger partial charge in [0.05, 0.1) is 0 Å². The summed E-state index contributed by atoms with van der Waals surface area (Å²) < 4.78 is 6.00. The molecule has 4 heteroatoms. The number of nitrogens with zero attached hydrogens (tertiary/aromatic N) is 1. The third kappa shape index (κ3) is 3.54. The van der Waals surface area contributed by atoms with Crippen LogP contribution in [0, 0.1) is 12.3 Å². The monoisotopic (exact) mass is 338 g/mol. The molecule has 132 valence electrons. The van der Waals surface area contributed by atoms with Gasteiger partial charge in [0.2, 0.25) is 0 Å². The maximum atomic E-state index is 12.7. The largest absolute Gasteiger partial charge is 0.450 e. The fourth-order valence-electron chi connectivity index (χ4n) is 3.48. The van der Waals surface area contributed by atoms with Crippen molar-refractivity contribution in [2.24, 2.45) is 5.41 Å². The van der Waals surface area contributed by atoms with E-state index in [1.165, 1.54) is 0 Å². The molecule has 3 aromatic rings. The summed E-state index contributed by atoms with van der Waals surface area (Å²) >= 11 is 0. The van der Waals surface area contributed by atoms with Gasteiger partial charge in [0.25, 0.3) is 5.91 Å². The van der Waals surface area contributed by atoms with E-state index in [4.69, 9.17) is 4.42 Å². The normalized spacial score (nSPS) is 12.2. The lowest BCUT2D eigenvalue weighted by atomic mass is 9.93. The van der Waals surface area contributed by atoms with Crippen molar-refractivity contribution < 1.29 is 9.21 Å². The number of nitrogens with one attached hydrogen (secondary N) is 1. The van der Waals surface area contributed by atoms with Gasteiger partial charge in [0, 0.05) is 29.4 Å². The van der Waals surface area contributed by atoms with Crippen molar-refractivity contribution in [3.8, 4) is 0 Å². The minimum Gasteiger partial charge on any atom is -0.450 e. The predicted molar refractivity (Wildman–Crippen MR) is 103 cm³/mol. The lowest BCUT2D eigenvalue weighted by Gasteiger charge is -2.28. The van der Waals surface area contributed by atoms with E-state index >= 15 is 0 Å². The van der Waals surface area contributed by atoms with Crippen LogP contribution in [-0.2, 0) is 0 Å². The highest BCUT2D eigenvalue weighted by Crippen LogP contribution is 2.31. The molecule has 0 aliphatic heterocycles. The van der Waals surface area contributed by atoms with Crippen LogP contribution in [0.1, 0.15) is 30.0 Å². The number of furan rings is 1. The van der Waals surface area contributed by atoms with Gasteiger partial charge in [-0.25, -0.2) is 0 Å². The Morgan fingerprint density at radius 3 is 2.56 bits per heavy atom. The minimum atomic E-state index is -0.149. The van der Waals surface area contributed by atoms with E-state index in [2.05, 4.69) is 36.2 Å². The average molecular weight is 338 g/mol. The zero-order valence-corrected chi connectivity index (χ0v) is 15.6. The van der Waals surface area contributed by atoms with Gasteiger partial charge in [0.15, 0.2) is 5.76 Å². The Balaban J connectivity index is 1.89. The lowest BCUT2D eigenvalue weighted by molar-refractivity contribution is 0.0903. The molecule has 0 fully saturated rings. The lowest BCUT2D eigenvalue weighted by Crippen LogP contribution is -2.40. The van der Waals surface area contributed by atoms with E-state index in [1.54, 1.807) is 0 Å². The Morgan fingerprint density at radius 1 is 1.12 bits per heavy atom. The Labute approximate surface area is 148 Å². The molecule has 3 rings (SSSR count). The molecule has 4 nitrogen and oxygen atoms in total. The van der Waals surface area contributed by atoms with Crippen LogP contribution in [0.5, 0.6) is 0 Å². The van der Waals surface area contributed by atoms with E-state index in [0.717, 1.165) is 33.8 Å². The predicted octanol–water partition coefficient (Wildman–Crippen LogP) is 4.21. The Morgan fingerprint density at radius 2 is 1.84 bits per heavy atom. The van der Waals surface area contributed by atoms with Gasteiger partial charge in [-0.3, -0.25) is 4.79 Å². The first kappa shape index (κ1) is 17.5. The molecule has 0 spiro atoms. The third-order valence-corrected chi connectivity index (χ3v) is 4.51. The van der Waals surface area contributed by atoms with Gasteiger partial charge in [-0.05, 0) is 31.8 Å². The van der Waals surface area contributed by atoms with Crippen LogP contribution < -0.4 is 5.32 Å². The first-order valence-electron chi connectivity index (χ1n) is 8.62. The van der Waals surface area contributed by atoms with Gasteiger partial charge < -0.3 is 14.6 Å². The van der Waals surface area contributed by atoms with Crippen molar-refractivity contribution >= 4 is 27.6 Å². The van der Waals surface area contributed by atoms with Gasteiger partial charge in [0.1, 0.15) is 5.58 Å². The zero-order valence-electron chi connectivity index (χ0n) is 15.6. The first-order chi connectivity index (χ1) is 11.8. The summed E-state index contributed by atoms with van der Waals surface area (Å²) in [4.78, 5) is 14.8. The second-order valence-corrected chi connectivity index (χ2v) is 7.80. The van der Waals surface area contributed by atoms with Gasteiger partial charge >= 0.3 is 0 Å². The van der Waals surface area contributed by atoms with E-state index < -0.39 is 0 Å². The average Bonchev–Trinajstić information content (AvgIpc) is 2.89. The van der Waals surface area contributed by atoms with Crippen molar-refractivity contribution in [2.75, 3.05) is 27.2 Å². The molecule has 0 saturated carbocycles. The van der Waals surface area contributed by atoms with E-state index in [9.17, 15) is 4.79 Å². The second-order valence-electron chi connectivity index (χ2n) is 7.80. The topological polar surface area (TPSA) is 45.5 Å². The number of carbonyl (C=O) groups excluding carboxylic acids is 1. The van der Waals surface area contributed by atoms with Crippen LogP contribution in [0.2, 0.25) is 0 Å². The molecule has 0 bridgehead atoms. The number of benzene rings is 2. The molecule has 0 unspecified atom stereocenters. The number of amides is 1. The van der Waals surface area contributed by atoms with Crippen molar-refractivity contribution in [3.05, 3.63) is 47.7 Å². The molecule has 0 aliphatic carbocycles. The van der Waals surface area contributed by atoms with E-state index in [-0.39, 0.29) is 11.3 Å². The highest BCUT2D eigenvalue weighted by Gasteiger charge is 2.23. The summed E-state index contributed by atoms with van der Waals surface area (Å²) in [5.41, 5.74) is 1.67. The highest BCUT2D eigenvalue weighted by molar-refractivity contribution is 6.08. The standard InChI is InChI=1S/C21H26N2O2/c1-14-16-11-10-15-8-6-7-9-17(15)19(16)25-18(14)20(24)22-12-21(2,3)13-23(4)5/h6-11H,12-13H2,1-5H3,(H,22,24). The summed E-state index contributed by atoms with van der Waals surface area (Å²) in [5, 5.41) is 6.18. The smallest absolute Gasteiger partial charge is 0.287 e. The maximum Gasteiger partial charge on any atom is 0.287 e. The number of hydrogen-bond donors (Lipinski definition) is 1. The minimum absolute atomic E-state index is 0.00816. The Hall–Kier alpha value is -2.33. The summed E-state index contributed by atoms with van der Waals surface area (Å²) in [6.45, 7) is 7.73. The number of hydrogen-bond acceptors (Lipinski definition) is 3.